The van der Waals surface area contributed by atoms with Gasteiger partial charge in [-0.3, -0.25) is 4.68 Å². The Morgan fingerprint density at radius 2 is 1.81 bits per heavy atom. The van der Waals surface area contributed by atoms with E-state index < -0.39 is 0 Å². The third kappa shape index (κ3) is 1.90. The molecule has 2 rings (SSSR count). The predicted molar refractivity (Wildman–Crippen MR) is 67.7 cm³/mol. The van der Waals surface area contributed by atoms with Crippen molar-refractivity contribution in [1.29, 1.82) is 0 Å². The number of fused-ring (bicyclic) bond motifs is 1. The van der Waals surface area contributed by atoms with E-state index in [0.717, 1.165) is 6.54 Å². The van der Waals surface area contributed by atoms with Crippen LogP contribution in [0.5, 0.6) is 0 Å². The average Bonchev–Trinajstić information content (AvgIpc) is 2.53. The van der Waals surface area contributed by atoms with E-state index in [1.807, 2.05) is 0 Å². The molecule has 1 aromatic rings. The Bertz CT molecular complexity index is 388. The molecule has 90 valence electrons. The lowest BCUT2D eigenvalue weighted by atomic mass is 9.78. The van der Waals surface area contributed by atoms with Gasteiger partial charge in [0.1, 0.15) is 0 Å². The van der Waals surface area contributed by atoms with Crippen LogP contribution >= 0.6 is 0 Å². The zero-order chi connectivity index (χ0) is 12.1. The molecular weight excluding hydrogens is 196 g/mol. The van der Waals surface area contributed by atoms with Crippen LogP contribution in [0.3, 0.4) is 0 Å². The van der Waals surface area contributed by atoms with Gasteiger partial charge in [-0.2, -0.15) is 5.10 Å². The fourth-order valence-corrected chi connectivity index (χ4v) is 2.53. The summed E-state index contributed by atoms with van der Waals surface area (Å²) in [4.78, 5) is 0. The highest BCUT2D eigenvalue weighted by atomic mass is 15.3. The van der Waals surface area contributed by atoms with Crippen molar-refractivity contribution >= 4 is 0 Å². The SMILES string of the molecule is CC(C)(C)c1cc2n(n1)CCC2C(C)(C)C. The molecule has 0 bridgehead atoms. The average molecular weight is 220 g/mol. The van der Waals surface area contributed by atoms with Gasteiger partial charge in [0, 0.05) is 23.6 Å². The molecule has 0 radical (unpaired) electrons. The third-order valence-corrected chi connectivity index (χ3v) is 3.61. The number of hydrogen-bond acceptors (Lipinski definition) is 1. The first-order valence-electron chi connectivity index (χ1n) is 6.28. The summed E-state index contributed by atoms with van der Waals surface area (Å²) in [6.45, 7) is 14.8. The first-order chi connectivity index (χ1) is 7.19. The quantitative estimate of drug-likeness (QED) is 0.651. The Morgan fingerprint density at radius 3 is 2.31 bits per heavy atom. The monoisotopic (exact) mass is 220 g/mol. The molecule has 1 aromatic heterocycles. The summed E-state index contributed by atoms with van der Waals surface area (Å²) in [5, 5.41) is 4.74. The van der Waals surface area contributed by atoms with E-state index in [4.69, 9.17) is 5.10 Å². The van der Waals surface area contributed by atoms with E-state index in [0.29, 0.717) is 11.3 Å². The molecule has 0 aromatic carbocycles. The zero-order valence-corrected chi connectivity index (χ0v) is 11.5. The van der Waals surface area contributed by atoms with Gasteiger partial charge in [0.25, 0.3) is 0 Å². The highest BCUT2D eigenvalue weighted by molar-refractivity contribution is 5.24. The van der Waals surface area contributed by atoms with Gasteiger partial charge in [0.15, 0.2) is 0 Å². The Morgan fingerprint density at radius 1 is 1.19 bits per heavy atom. The van der Waals surface area contributed by atoms with Crippen LogP contribution < -0.4 is 0 Å². The molecule has 0 aliphatic carbocycles. The molecular formula is C14H24N2. The van der Waals surface area contributed by atoms with Gasteiger partial charge >= 0.3 is 0 Å². The first-order valence-corrected chi connectivity index (χ1v) is 6.28. The van der Waals surface area contributed by atoms with Crippen molar-refractivity contribution in [3.63, 3.8) is 0 Å². The normalized spacial score (nSPS) is 21.2. The topological polar surface area (TPSA) is 17.8 Å². The van der Waals surface area contributed by atoms with Gasteiger partial charge in [-0.15, -0.1) is 0 Å². The molecule has 1 unspecified atom stereocenters. The number of hydrogen-bond donors (Lipinski definition) is 0. The van der Waals surface area contributed by atoms with Crippen LogP contribution in [0, 0.1) is 5.41 Å². The van der Waals surface area contributed by atoms with Gasteiger partial charge in [0.2, 0.25) is 0 Å². The second-order valence-electron chi connectivity index (χ2n) is 7.13. The number of nitrogens with zero attached hydrogens (tertiary/aromatic N) is 2. The molecule has 0 spiro atoms. The van der Waals surface area contributed by atoms with Crippen LogP contribution in [-0.4, -0.2) is 9.78 Å². The number of rotatable bonds is 0. The predicted octanol–water partition coefficient (Wildman–Crippen LogP) is 3.71. The van der Waals surface area contributed by atoms with Gasteiger partial charge < -0.3 is 0 Å². The summed E-state index contributed by atoms with van der Waals surface area (Å²) >= 11 is 0. The van der Waals surface area contributed by atoms with Gasteiger partial charge in [-0.1, -0.05) is 41.5 Å². The molecule has 2 nitrogen and oxygen atoms in total. The molecule has 0 fully saturated rings. The van der Waals surface area contributed by atoms with Gasteiger partial charge in [-0.25, -0.2) is 0 Å². The minimum Gasteiger partial charge on any atom is -0.269 e. The fraction of sp³-hybridized carbons (Fsp3) is 0.786. The molecule has 0 N–H and O–H groups in total. The summed E-state index contributed by atoms with van der Waals surface area (Å²) < 4.78 is 2.22. The minimum atomic E-state index is 0.166. The van der Waals surface area contributed by atoms with E-state index in [9.17, 15) is 0 Å². The second kappa shape index (κ2) is 3.35. The highest BCUT2D eigenvalue weighted by Crippen LogP contribution is 2.42. The lowest BCUT2D eigenvalue weighted by Crippen LogP contribution is -2.16. The molecule has 0 saturated heterocycles. The van der Waals surface area contributed by atoms with Crippen molar-refractivity contribution in [1.82, 2.24) is 9.78 Å². The largest absolute Gasteiger partial charge is 0.269 e. The third-order valence-electron chi connectivity index (χ3n) is 3.61. The Balaban J connectivity index is 2.38. The van der Waals surface area contributed by atoms with E-state index in [1.54, 1.807) is 0 Å². The summed E-state index contributed by atoms with van der Waals surface area (Å²) in [7, 11) is 0. The maximum Gasteiger partial charge on any atom is 0.0681 e. The van der Waals surface area contributed by atoms with Crippen LogP contribution in [0.2, 0.25) is 0 Å². The summed E-state index contributed by atoms with van der Waals surface area (Å²) in [5.74, 6) is 0.663. The number of aryl methyl sites for hydroxylation is 1. The first kappa shape index (κ1) is 11.7. The van der Waals surface area contributed by atoms with E-state index in [-0.39, 0.29) is 5.41 Å². The summed E-state index contributed by atoms with van der Waals surface area (Å²) in [5.41, 5.74) is 3.19. The van der Waals surface area contributed by atoms with Crippen molar-refractivity contribution in [2.45, 2.75) is 65.8 Å². The lowest BCUT2D eigenvalue weighted by molar-refractivity contribution is 0.318. The maximum absolute atomic E-state index is 4.74. The Labute approximate surface area is 99.0 Å². The van der Waals surface area contributed by atoms with Crippen LogP contribution in [0.25, 0.3) is 0 Å². The standard InChI is InChI=1S/C14H24N2/c1-13(2,3)10-7-8-16-11(10)9-12(15-16)14(4,5)6/h9-10H,7-8H2,1-6H3. The van der Waals surface area contributed by atoms with Gasteiger partial charge in [-0.05, 0) is 17.9 Å². The summed E-state index contributed by atoms with van der Waals surface area (Å²) in [6.07, 6.45) is 1.25. The zero-order valence-electron chi connectivity index (χ0n) is 11.5. The molecule has 16 heavy (non-hydrogen) atoms. The molecule has 2 heteroatoms. The smallest absolute Gasteiger partial charge is 0.0681 e. The second-order valence-corrected chi connectivity index (χ2v) is 7.13. The number of aromatic nitrogens is 2. The molecule has 0 amide bonds. The van der Waals surface area contributed by atoms with Crippen molar-refractivity contribution in [3.05, 3.63) is 17.5 Å². The lowest BCUT2D eigenvalue weighted by Gasteiger charge is -2.26. The van der Waals surface area contributed by atoms with E-state index in [2.05, 4.69) is 52.3 Å². The van der Waals surface area contributed by atoms with Crippen LogP contribution in [0.4, 0.5) is 0 Å². The van der Waals surface area contributed by atoms with Crippen molar-refractivity contribution < 1.29 is 0 Å². The maximum atomic E-state index is 4.74. The van der Waals surface area contributed by atoms with Crippen molar-refractivity contribution in [2.24, 2.45) is 5.41 Å². The van der Waals surface area contributed by atoms with Crippen molar-refractivity contribution in [2.75, 3.05) is 0 Å². The van der Waals surface area contributed by atoms with Crippen LogP contribution in [0.1, 0.15) is 65.3 Å². The molecule has 2 heterocycles. The molecule has 1 atom stereocenters. The molecule has 0 saturated carbocycles. The Kier molecular flexibility index (Phi) is 2.45. The van der Waals surface area contributed by atoms with Crippen LogP contribution in [-0.2, 0) is 12.0 Å². The molecule has 1 aliphatic rings. The minimum absolute atomic E-state index is 0.166. The Hall–Kier alpha value is -0.790. The van der Waals surface area contributed by atoms with Crippen molar-refractivity contribution in [3.8, 4) is 0 Å². The highest BCUT2D eigenvalue weighted by Gasteiger charge is 2.35. The molecule has 1 aliphatic heterocycles. The van der Waals surface area contributed by atoms with Gasteiger partial charge in [0.05, 0.1) is 5.69 Å². The van der Waals surface area contributed by atoms with Crippen LogP contribution in [0.15, 0.2) is 6.07 Å². The van der Waals surface area contributed by atoms with E-state index in [1.165, 1.54) is 17.8 Å². The summed E-state index contributed by atoms with van der Waals surface area (Å²) in [6, 6.07) is 2.32. The fourth-order valence-electron chi connectivity index (χ4n) is 2.53. The van der Waals surface area contributed by atoms with E-state index >= 15 is 0 Å².